The third-order valence-corrected chi connectivity index (χ3v) is 6.14. The average Bonchev–Trinajstić information content (AvgIpc) is 2.72. The molecule has 1 aliphatic heterocycles. The van der Waals surface area contributed by atoms with E-state index in [9.17, 15) is 23.6 Å². The molecule has 1 aliphatic rings. The van der Waals surface area contributed by atoms with Gasteiger partial charge in [-0.25, -0.2) is 8.42 Å². The van der Waals surface area contributed by atoms with E-state index in [1.165, 1.54) is 0 Å². The summed E-state index contributed by atoms with van der Waals surface area (Å²) in [5.41, 5.74) is 5.04. The van der Waals surface area contributed by atoms with E-state index in [1.807, 2.05) is 0 Å². The van der Waals surface area contributed by atoms with Crippen molar-refractivity contribution in [2.24, 2.45) is 0 Å². The van der Waals surface area contributed by atoms with Crippen LogP contribution < -0.4 is 5.73 Å². The lowest BCUT2D eigenvalue weighted by atomic mass is 10.1. The van der Waals surface area contributed by atoms with Crippen LogP contribution in [0, 0.1) is 10.1 Å². The average molecular weight is 307 g/mol. The number of hydrogen-bond donors (Lipinski definition) is 2. The number of β-amino-alcohol motifs (C(OH)–C–C–N with tert-alkyl or cyclic N) is 1. The standard InChI is InChI=1S/C9H13N3O5S2/c10-9-7(12(14)15)4-8(18-9)19(16,17)11-3-1-2-6(13)5-11/h4,6,13H,1-3,5,10H2. The number of nitrogens with zero attached hydrogens (tertiary/aromatic N) is 2. The quantitative estimate of drug-likeness (QED) is 0.614. The SMILES string of the molecule is Nc1sc(S(=O)(=O)N2CCCC(O)C2)cc1[N+](=O)[O-]. The Labute approximate surface area is 113 Å². The van der Waals surface area contributed by atoms with Gasteiger partial charge in [-0.2, -0.15) is 4.31 Å². The molecule has 2 heterocycles. The number of sulfonamides is 1. The first kappa shape index (κ1) is 14.2. The summed E-state index contributed by atoms with van der Waals surface area (Å²) in [7, 11) is -3.82. The van der Waals surface area contributed by atoms with E-state index in [1.54, 1.807) is 0 Å². The van der Waals surface area contributed by atoms with Crippen molar-refractivity contribution in [1.82, 2.24) is 4.31 Å². The molecular formula is C9H13N3O5S2. The zero-order valence-electron chi connectivity index (χ0n) is 9.85. The van der Waals surface area contributed by atoms with Gasteiger partial charge in [-0.05, 0) is 12.8 Å². The van der Waals surface area contributed by atoms with Gasteiger partial charge in [-0.15, -0.1) is 0 Å². The zero-order chi connectivity index (χ0) is 14.2. The van der Waals surface area contributed by atoms with Gasteiger partial charge in [0.05, 0.1) is 11.0 Å². The molecule has 0 aliphatic carbocycles. The Bertz CT molecular complexity index is 597. The minimum absolute atomic E-state index is 0.00787. The lowest BCUT2D eigenvalue weighted by Gasteiger charge is -2.28. The van der Waals surface area contributed by atoms with Crippen LogP contribution in [0.4, 0.5) is 10.7 Å². The highest BCUT2D eigenvalue weighted by Gasteiger charge is 2.33. The maximum Gasteiger partial charge on any atom is 0.304 e. The second-order valence-electron chi connectivity index (χ2n) is 4.23. The lowest BCUT2D eigenvalue weighted by Crippen LogP contribution is -2.41. The zero-order valence-corrected chi connectivity index (χ0v) is 11.5. The molecule has 3 N–H and O–H groups in total. The smallest absolute Gasteiger partial charge is 0.304 e. The largest absolute Gasteiger partial charge is 0.392 e. The van der Waals surface area contributed by atoms with E-state index in [2.05, 4.69) is 0 Å². The molecule has 106 valence electrons. The van der Waals surface area contributed by atoms with Crippen molar-refractivity contribution in [3.05, 3.63) is 16.2 Å². The highest BCUT2D eigenvalue weighted by molar-refractivity contribution is 7.91. The maximum absolute atomic E-state index is 12.3. The molecule has 1 unspecified atom stereocenters. The van der Waals surface area contributed by atoms with Gasteiger partial charge in [0, 0.05) is 19.2 Å². The summed E-state index contributed by atoms with van der Waals surface area (Å²) in [6.45, 7) is 0.304. The first-order valence-corrected chi connectivity index (χ1v) is 7.80. The van der Waals surface area contributed by atoms with Gasteiger partial charge in [-0.3, -0.25) is 10.1 Å². The number of piperidine rings is 1. The minimum Gasteiger partial charge on any atom is -0.392 e. The summed E-state index contributed by atoms with van der Waals surface area (Å²) in [4.78, 5) is 9.96. The van der Waals surface area contributed by atoms with Gasteiger partial charge in [0.25, 0.3) is 10.0 Å². The molecule has 1 atom stereocenters. The number of rotatable bonds is 3. The van der Waals surface area contributed by atoms with E-state index in [-0.39, 0.29) is 15.8 Å². The molecule has 0 aromatic carbocycles. The number of nitro groups is 1. The van der Waals surface area contributed by atoms with Crippen molar-refractivity contribution in [2.75, 3.05) is 18.8 Å². The van der Waals surface area contributed by atoms with Crippen LogP contribution in [-0.4, -0.2) is 41.9 Å². The number of aliphatic hydroxyl groups is 1. The summed E-state index contributed by atoms with van der Waals surface area (Å²) in [6, 6.07) is 0.969. The Morgan fingerprint density at radius 1 is 1.58 bits per heavy atom. The molecule has 19 heavy (non-hydrogen) atoms. The Kier molecular flexibility index (Phi) is 3.76. The number of nitrogen functional groups attached to an aromatic ring is 1. The molecule has 10 heteroatoms. The van der Waals surface area contributed by atoms with Gasteiger partial charge in [0.15, 0.2) is 5.00 Å². The van der Waals surface area contributed by atoms with E-state index in [0.29, 0.717) is 30.7 Å². The van der Waals surface area contributed by atoms with Gasteiger partial charge < -0.3 is 10.8 Å². The highest BCUT2D eigenvalue weighted by atomic mass is 32.2. The number of aliphatic hydroxyl groups excluding tert-OH is 1. The van der Waals surface area contributed by atoms with Gasteiger partial charge in [-0.1, -0.05) is 11.3 Å². The predicted molar refractivity (Wildman–Crippen MR) is 69.4 cm³/mol. The van der Waals surface area contributed by atoms with Crippen molar-refractivity contribution < 1.29 is 18.4 Å². The summed E-state index contributed by atoms with van der Waals surface area (Å²) in [6.07, 6.45) is 0.415. The fourth-order valence-electron chi connectivity index (χ4n) is 1.91. The maximum atomic E-state index is 12.3. The molecular weight excluding hydrogens is 294 g/mol. The van der Waals surface area contributed by atoms with Crippen LogP contribution in [0.3, 0.4) is 0 Å². The van der Waals surface area contributed by atoms with Crippen molar-refractivity contribution in [3.63, 3.8) is 0 Å². The Hall–Kier alpha value is -1.23. The van der Waals surface area contributed by atoms with E-state index < -0.39 is 26.7 Å². The third kappa shape index (κ3) is 2.71. The van der Waals surface area contributed by atoms with Crippen LogP contribution >= 0.6 is 11.3 Å². The fraction of sp³-hybridized carbons (Fsp3) is 0.556. The van der Waals surface area contributed by atoms with E-state index in [0.717, 1.165) is 10.4 Å². The van der Waals surface area contributed by atoms with E-state index >= 15 is 0 Å². The molecule has 1 fully saturated rings. The lowest BCUT2D eigenvalue weighted by molar-refractivity contribution is -0.383. The second kappa shape index (κ2) is 5.04. The molecule has 1 aromatic rings. The van der Waals surface area contributed by atoms with Crippen LogP contribution in [0.25, 0.3) is 0 Å². The van der Waals surface area contributed by atoms with Crippen LogP contribution in [0.2, 0.25) is 0 Å². The van der Waals surface area contributed by atoms with Gasteiger partial charge in [0.1, 0.15) is 4.21 Å². The normalized spacial score (nSPS) is 21.4. The molecule has 0 radical (unpaired) electrons. The molecule has 1 aromatic heterocycles. The molecule has 1 saturated heterocycles. The molecule has 0 spiro atoms. The highest BCUT2D eigenvalue weighted by Crippen LogP contribution is 2.36. The van der Waals surface area contributed by atoms with E-state index in [4.69, 9.17) is 5.73 Å². The number of thiophene rings is 1. The van der Waals surface area contributed by atoms with Crippen molar-refractivity contribution in [1.29, 1.82) is 0 Å². The van der Waals surface area contributed by atoms with Gasteiger partial charge >= 0.3 is 5.69 Å². The van der Waals surface area contributed by atoms with Crippen LogP contribution in [0.15, 0.2) is 10.3 Å². The topological polar surface area (TPSA) is 127 Å². The summed E-state index contributed by atoms with van der Waals surface area (Å²) < 4.78 is 25.5. The van der Waals surface area contributed by atoms with Crippen LogP contribution in [0.5, 0.6) is 0 Å². The van der Waals surface area contributed by atoms with Crippen LogP contribution in [0.1, 0.15) is 12.8 Å². The summed E-state index contributed by atoms with van der Waals surface area (Å²) in [5.74, 6) is 0. The molecule has 0 bridgehead atoms. The van der Waals surface area contributed by atoms with Crippen LogP contribution in [-0.2, 0) is 10.0 Å². The number of anilines is 1. The summed E-state index contributed by atoms with van der Waals surface area (Å²) >= 11 is 0.669. The second-order valence-corrected chi connectivity index (χ2v) is 7.48. The molecule has 0 saturated carbocycles. The summed E-state index contributed by atoms with van der Waals surface area (Å²) in [5, 5.41) is 20.0. The monoisotopic (exact) mass is 307 g/mol. The molecule has 0 amide bonds. The Morgan fingerprint density at radius 2 is 2.26 bits per heavy atom. The third-order valence-electron chi connectivity index (χ3n) is 2.87. The first-order valence-electron chi connectivity index (χ1n) is 5.54. The fourth-order valence-corrected chi connectivity index (χ4v) is 4.79. The number of nitrogens with two attached hydrogens (primary N) is 1. The Balaban J connectivity index is 2.34. The Morgan fingerprint density at radius 3 is 2.79 bits per heavy atom. The van der Waals surface area contributed by atoms with Crippen molar-refractivity contribution in [3.8, 4) is 0 Å². The number of hydrogen-bond acceptors (Lipinski definition) is 7. The molecule has 8 nitrogen and oxygen atoms in total. The van der Waals surface area contributed by atoms with Crippen molar-refractivity contribution >= 4 is 32.0 Å². The van der Waals surface area contributed by atoms with Gasteiger partial charge in [0.2, 0.25) is 0 Å². The molecule has 2 rings (SSSR count). The first-order chi connectivity index (χ1) is 8.82. The van der Waals surface area contributed by atoms with Crippen molar-refractivity contribution in [2.45, 2.75) is 23.2 Å². The minimum atomic E-state index is -3.82. The predicted octanol–water partition coefficient (Wildman–Crippen LogP) is 0.384.